The van der Waals surface area contributed by atoms with Gasteiger partial charge in [0, 0.05) is 4.47 Å². The highest BCUT2D eigenvalue weighted by atomic mass is 79.9. The standard InChI is InChI=1S/C14H11BrF2N2O/c1-7-3-2-4-10(12(7)15)19-14(20)11-8(16)5-6-9(18)13(11)17/h2-6H,18H2,1H3,(H,19,20). The van der Waals surface area contributed by atoms with Gasteiger partial charge in [-0.15, -0.1) is 0 Å². The Balaban J connectivity index is 2.39. The maximum absolute atomic E-state index is 13.8. The van der Waals surface area contributed by atoms with Crippen LogP contribution in [-0.2, 0) is 0 Å². The molecule has 0 atom stereocenters. The van der Waals surface area contributed by atoms with E-state index in [4.69, 9.17) is 5.73 Å². The Labute approximate surface area is 122 Å². The zero-order chi connectivity index (χ0) is 14.9. The number of carbonyl (C=O) groups excluding carboxylic acids is 1. The summed E-state index contributed by atoms with van der Waals surface area (Å²) in [5.74, 6) is -2.91. The second-order valence-corrected chi connectivity index (χ2v) is 5.01. The first-order chi connectivity index (χ1) is 9.41. The summed E-state index contributed by atoms with van der Waals surface area (Å²) < 4.78 is 28.0. The van der Waals surface area contributed by atoms with E-state index >= 15 is 0 Å². The number of nitrogens with one attached hydrogen (secondary N) is 1. The Morgan fingerprint density at radius 1 is 1.25 bits per heavy atom. The van der Waals surface area contributed by atoms with Gasteiger partial charge in [-0.2, -0.15) is 0 Å². The predicted octanol–water partition coefficient (Wildman–Crippen LogP) is 3.87. The van der Waals surface area contributed by atoms with Crippen molar-refractivity contribution in [3.8, 4) is 0 Å². The maximum atomic E-state index is 13.8. The van der Waals surface area contributed by atoms with Crippen LogP contribution in [0.5, 0.6) is 0 Å². The largest absolute Gasteiger partial charge is 0.396 e. The van der Waals surface area contributed by atoms with Gasteiger partial charge in [0.05, 0.1) is 11.4 Å². The minimum atomic E-state index is -1.06. The summed E-state index contributed by atoms with van der Waals surface area (Å²) in [5.41, 5.74) is 5.68. The molecule has 104 valence electrons. The number of aryl methyl sites for hydroxylation is 1. The van der Waals surface area contributed by atoms with Crippen LogP contribution in [0.25, 0.3) is 0 Å². The van der Waals surface area contributed by atoms with Crippen LogP contribution >= 0.6 is 15.9 Å². The van der Waals surface area contributed by atoms with E-state index in [-0.39, 0.29) is 5.69 Å². The third kappa shape index (κ3) is 2.65. The number of rotatable bonds is 2. The number of halogens is 3. The molecule has 1 amide bonds. The molecule has 2 aromatic rings. The van der Waals surface area contributed by atoms with Gasteiger partial charge in [-0.05, 0) is 46.6 Å². The number of amides is 1. The van der Waals surface area contributed by atoms with Crippen LogP contribution in [0.2, 0.25) is 0 Å². The quantitative estimate of drug-likeness (QED) is 0.815. The Hall–Kier alpha value is -1.95. The molecule has 0 saturated heterocycles. The van der Waals surface area contributed by atoms with Gasteiger partial charge in [0.2, 0.25) is 0 Å². The fourth-order valence-corrected chi connectivity index (χ4v) is 2.07. The van der Waals surface area contributed by atoms with E-state index in [1.54, 1.807) is 12.1 Å². The minimum Gasteiger partial charge on any atom is -0.396 e. The van der Waals surface area contributed by atoms with Gasteiger partial charge in [0.25, 0.3) is 5.91 Å². The monoisotopic (exact) mass is 340 g/mol. The SMILES string of the molecule is Cc1cccc(NC(=O)c2c(F)ccc(N)c2F)c1Br. The van der Waals surface area contributed by atoms with Crippen molar-refractivity contribution in [3.05, 3.63) is 57.6 Å². The van der Waals surface area contributed by atoms with Gasteiger partial charge in [-0.3, -0.25) is 4.79 Å². The molecule has 0 fully saturated rings. The van der Waals surface area contributed by atoms with E-state index in [0.717, 1.165) is 17.7 Å². The highest BCUT2D eigenvalue weighted by molar-refractivity contribution is 9.10. The lowest BCUT2D eigenvalue weighted by molar-refractivity contribution is 0.101. The second-order valence-electron chi connectivity index (χ2n) is 4.22. The summed E-state index contributed by atoms with van der Waals surface area (Å²) in [6, 6.07) is 7.21. The summed E-state index contributed by atoms with van der Waals surface area (Å²) in [6.45, 7) is 1.83. The molecule has 0 saturated carbocycles. The third-order valence-electron chi connectivity index (χ3n) is 2.79. The number of anilines is 2. The van der Waals surface area contributed by atoms with Gasteiger partial charge in [0.15, 0.2) is 5.82 Å². The topological polar surface area (TPSA) is 55.1 Å². The molecule has 0 aliphatic rings. The molecule has 0 spiro atoms. The Bertz CT molecular complexity index is 689. The van der Waals surface area contributed by atoms with Crippen LogP contribution < -0.4 is 11.1 Å². The maximum Gasteiger partial charge on any atom is 0.261 e. The lowest BCUT2D eigenvalue weighted by atomic mass is 10.1. The van der Waals surface area contributed by atoms with Crippen LogP contribution in [-0.4, -0.2) is 5.91 Å². The molecule has 20 heavy (non-hydrogen) atoms. The molecule has 0 aliphatic carbocycles. The van der Waals surface area contributed by atoms with Crippen molar-refractivity contribution in [2.24, 2.45) is 0 Å². The first-order valence-electron chi connectivity index (χ1n) is 5.71. The van der Waals surface area contributed by atoms with Crippen LogP contribution in [0.15, 0.2) is 34.8 Å². The van der Waals surface area contributed by atoms with E-state index < -0.39 is 23.1 Å². The average molecular weight is 341 g/mol. The fourth-order valence-electron chi connectivity index (χ4n) is 1.71. The highest BCUT2D eigenvalue weighted by Crippen LogP contribution is 2.27. The van der Waals surface area contributed by atoms with E-state index in [1.807, 2.05) is 13.0 Å². The number of benzene rings is 2. The van der Waals surface area contributed by atoms with Crippen molar-refractivity contribution in [2.75, 3.05) is 11.1 Å². The fraction of sp³-hybridized carbons (Fsp3) is 0.0714. The van der Waals surface area contributed by atoms with E-state index in [1.165, 1.54) is 0 Å². The molecule has 0 aliphatic heterocycles. The third-order valence-corrected chi connectivity index (χ3v) is 3.84. The summed E-state index contributed by atoms with van der Waals surface area (Å²) in [7, 11) is 0. The van der Waals surface area contributed by atoms with Gasteiger partial charge in [-0.1, -0.05) is 12.1 Å². The van der Waals surface area contributed by atoms with Gasteiger partial charge in [-0.25, -0.2) is 8.78 Å². The van der Waals surface area contributed by atoms with Gasteiger partial charge < -0.3 is 11.1 Å². The first-order valence-corrected chi connectivity index (χ1v) is 6.51. The summed E-state index contributed by atoms with van der Waals surface area (Å²) >= 11 is 3.31. The molecular formula is C14H11BrF2N2O. The number of carbonyl (C=O) groups is 1. The van der Waals surface area contributed by atoms with Crippen molar-refractivity contribution in [2.45, 2.75) is 6.92 Å². The molecule has 0 unspecified atom stereocenters. The second kappa shape index (κ2) is 5.58. The van der Waals surface area contributed by atoms with Crippen molar-refractivity contribution >= 4 is 33.2 Å². The molecule has 2 rings (SSSR count). The van der Waals surface area contributed by atoms with E-state index in [0.29, 0.717) is 10.2 Å². The van der Waals surface area contributed by atoms with Gasteiger partial charge >= 0.3 is 0 Å². The number of hydrogen-bond acceptors (Lipinski definition) is 2. The summed E-state index contributed by atoms with van der Waals surface area (Å²) in [4.78, 5) is 12.0. The normalized spacial score (nSPS) is 10.4. The Kier molecular flexibility index (Phi) is 4.04. The van der Waals surface area contributed by atoms with Crippen molar-refractivity contribution in [1.82, 2.24) is 0 Å². The molecule has 6 heteroatoms. The highest BCUT2D eigenvalue weighted by Gasteiger charge is 2.20. The molecule has 2 aromatic carbocycles. The summed E-state index contributed by atoms with van der Waals surface area (Å²) in [5, 5.41) is 2.45. The summed E-state index contributed by atoms with van der Waals surface area (Å²) in [6.07, 6.45) is 0. The molecule has 3 N–H and O–H groups in total. The first kappa shape index (κ1) is 14.5. The number of nitrogens with two attached hydrogens (primary N) is 1. The van der Waals surface area contributed by atoms with E-state index in [9.17, 15) is 13.6 Å². The number of hydrogen-bond donors (Lipinski definition) is 2. The van der Waals surface area contributed by atoms with E-state index in [2.05, 4.69) is 21.2 Å². The van der Waals surface area contributed by atoms with Crippen molar-refractivity contribution < 1.29 is 13.6 Å². The molecule has 0 bridgehead atoms. The molecule has 0 radical (unpaired) electrons. The number of nitrogen functional groups attached to an aromatic ring is 1. The molecule has 0 heterocycles. The van der Waals surface area contributed by atoms with Gasteiger partial charge in [0.1, 0.15) is 11.4 Å². The molecule has 3 nitrogen and oxygen atoms in total. The van der Waals surface area contributed by atoms with Crippen LogP contribution in [0.3, 0.4) is 0 Å². The van der Waals surface area contributed by atoms with Crippen molar-refractivity contribution in [1.29, 1.82) is 0 Å². The minimum absolute atomic E-state index is 0.278. The zero-order valence-electron chi connectivity index (χ0n) is 10.5. The zero-order valence-corrected chi connectivity index (χ0v) is 12.1. The van der Waals surface area contributed by atoms with Crippen LogP contribution in [0.1, 0.15) is 15.9 Å². The van der Waals surface area contributed by atoms with Crippen LogP contribution in [0, 0.1) is 18.6 Å². The van der Waals surface area contributed by atoms with Crippen LogP contribution in [0.4, 0.5) is 20.2 Å². The van der Waals surface area contributed by atoms with Crippen molar-refractivity contribution in [3.63, 3.8) is 0 Å². The predicted molar refractivity (Wildman–Crippen MR) is 77.6 cm³/mol. The smallest absolute Gasteiger partial charge is 0.261 e. The average Bonchev–Trinajstić information content (AvgIpc) is 2.40. The lowest BCUT2D eigenvalue weighted by Crippen LogP contribution is -2.17. The Morgan fingerprint density at radius 2 is 1.95 bits per heavy atom. The Morgan fingerprint density at radius 3 is 2.65 bits per heavy atom. The molecular weight excluding hydrogens is 330 g/mol. The molecule has 0 aromatic heterocycles. The lowest BCUT2D eigenvalue weighted by Gasteiger charge is -2.11.